The maximum atomic E-state index is 8.89. The second-order valence-corrected chi connectivity index (χ2v) is 2.98. The molecule has 0 rings (SSSR count). The predicted octanol–water partition coefficient (Wildman–Crippen LogP) is 1.61. The van der Waals surface area contributed by atoms with E-state index in [-0.39, 0.29) is 5.38 Å². The molecule has 0 heterocycles. The van der Waals surface area contributed by atoms with Gasteiger partial charge in [0.15, 0.2) is 0 Å². The van der Waals surface area contributed by atoms with Gasteiger partial charge in [-0.1, -0.05) is 0 Å². The highest BCUT2D eigenvalue weighted by Gasteiger charge is 2.09. The number of hydrogen-bond donors (Lipinski definition) is 1. The lowest BCUT2D eigenvalue weighted by molar-refractivity contribution is 0.138. The van der Waals surface area contributed by atoms with Crippen molar-refractivity contribution in [2.45, 2.75) is 31.2 Å². The van der Waals surface area contributed by atoms with Gasteiger partial charge in [0.1, 0.15) is 0 Å². The lowest BCUT2D eigenvalue weighted by Gasteiger charge is -2.11. The van der Waals surface area contributed by atoms with Gasteiger partial charge in [-0.15, -0.1) is 11.6 Å². The maximum absolute atomic E-state index is 8.89. The predicted molar refractivity (Wildman–Crippen MR) is 46.7 cm³/mol. The number of halogens is 1. The fraction of sp³-hybridized carbons (Fsp3) is 0.875. The van der Waals surface area contributed by atoms with Crippen molar-refractivity contribution in [3.8, 4) is 0 Å². The van der Waals surface area contributed by atoms with Crippen LogP contribution in [0.5, 0.6) is 0 Å². The highest BCUT2D eigenvalue weighted by atomic mass is 35.5. The van der Waals surface area contributed by atoms with Crippen LogP contribution in [0.3, 0.4) is 0 Å². The standard InChI is InChI=1S/C8H16ClO2/c1-3-11-6-4-5-8(9)7(2)10/h7-8,10H,2-6H2,1H3. The summed E-state index contributed by atoms with van der Waals surface area (Å²) in [5.41, 5.74) is 0. The van der Waals surface area contributed by atoms with Crippen LogP contribution in [0.2, 0.25) is 0 Å². The van der Waals surface area contributed by atoms with Gasteiger partial charge in [0, 0.05) is 13.2 Å². The summed E-state index contributed by atoms with van der Waals surface area (Å²) in [6.07, 6.45) is 0.971. The van der Waals surface area contributed by atoms with Crippen LogP contribution in [0.15, 0.2) is 0 Å². The molecule has 0 aromatic rings. The summed E-state index contributed by atoms with van der Waals surface area (Å²) < 4.78 is 5.10. The zero-order valence-corrected chi connectivity index (χ0v) is 7.68. The van der Waals surface area contributed by atoms with E-state index in [1.807, 2.05) is 6.92 Å². The van der Waals surface area contributed by atoms with Gasteiger partial charge in [-0.25, -0.2) is 0 Å². The molecular formula is C8H16ClO2. The average molecular weight is 180 g/mol. The van der Waals surface area contributed by atoms with Gasteiger partial charge in [-0.3, -0.25) is 0 Å². The Morgan fingerprint density at radius 2 is 2.27 bits per heavy atom. The van der Waals surface area contributed by atoms with Crippen LogP contribution in [0.1, 0.15) is 19.8 Å². The molecule has 0 amide bonds. The van der Waals surface area contributed by atoms with E-state index in [2.05, 4.69) is 6.92 Å². The highest BCUT2D eigenvalue weighted by Crippen LogP contribution is 2.09. The van der Waals surface area contributed by atoms with Crippen molar-refractivity contribution in [2.75, 3.05) is 13.2 Å². The van der Waals surface area contributed by atoms with E-state index in [1.165, 1.54) is 0 Å². The number of aliphatic hydroxyl groups is 1. The summed E-state index contributed by atoms with van der Waals surface area (Å²) in [7, 11) is 0. The summed E-state index contributed by atoms with van der Waals surface area (Å²) in [6, 6.07) is 0. The number of alkyl halides is 1. The van der Waals surface area contributed by atoms with Crippen molar-refractivity contribution in [3.05, 3.63) is 6.92 Å². The summed E-state index contributed by atoms with van der Waals surface area (Å²) >= 11 is 5.73. The first kappa shape index (κ1) is 11.2. The molecule has 11 heavy (non-hydrogen) atoms. The third-order valence-electron chi connectivity index (χ3n) is 1.39. The Bertz CT molecular complexity index is 86.2. The largest absolute Gasteiger partial charge is 0.392 e. The molecular weight excluding hydrogens is 164 g/mol. The van der Waals surface area contributed by atoms with Crippen molar-refractivity contribution < 1.29 is 9.84 Å². The second-order valence-electron chi connectivity index (χ2n) is 2.42. The van der Waals surface area contributed by atoms with Crippen molar-refractivity contribution >= 4 is 11.6 Å². The Morgan fingerprint density at radius 1 is 1.64 bits per heavy atom. The van der Waals surface area contributed by atoms with Crippen LogP contribution < -0.4 is 0 Å². The van der Waals surface area contributed by atoms with Crippen molar-refractivity contribution in [2.24, 2.45) is 0 Å². The number of rotatable bonds is 6. The summed E-state index contributed by atoms with van der Waals surface area (Å²) in [5, 5.41) is 8.65. The summed E-state index contributed by atoms with van der Waals surface area (Å²) in [4.78, 5) is 0. The molecule has 3 heteroatoms. The molecule has 0 aliphatic heterocycles. The minimum absolute atomic E-state index is 0.240. The second kappa shape index (κ2) is 6.89. The lowest BCUT2D eigenvalue weighted by Crippen LogP contribution is -2.17. The van der Waals surface area contributed by atoms with Crippen molar-refractivity contribution in [1.82, 2.24) is 0 Å². The van der Waals surface area contributed by atoms with E-state index in [0.29, 0.717) is 6.61 Å². The minimum atomic E-state index is -0.668. The van der Waals surface area contributed by atoms with Gasteiger partial charge in [-0.2, -0.15) is 0 Å². The van der Waals surface area contributed by atoms with Gasteiger partial charge in [0.25, 0.3) is 0 Å². The molecule has 67 valence electrons. The van der Waals surface area contributed by atoms with Gasteiger partial charge in [-0.05, 0) is 26.7 Å². The van der Waals surface area contributed by atoms with Gasteiger partial charge in [0.05, 0.1) is 11.5 Å². The van der Waals surface area contributed by atoms with Gasteiger partial charge >= 0.3 is 0 Å². The quantitative estimate of drug-likeness (QED) is 0.496. The van der Waals surface area contributed by atoms with E-state index < -0.39 is 6.10 Å². The third kappa shape index (κ3) is 6.60. The molecule has 0 aliphatic rings. The molecule has 0 fully saturated rings. The molecule has 0 aromatic heterocycles. The topological polar surface area (TPSA) is 29.5 Å². The van der Waals surface area contributed by atoms with Crippen molar-refractivity contribution in [1.29, 1.82) is 0 Å². The Kier molecular flexibility index (Phi) is 7.02. The molecule has 1 N–H and O–H groups in total. The van der Waals surface area contributed by atoms with E-state index in [9.17, 15) is 0 Å². The fourth-order valence-corrected chi connectivity index (χ4v) is 0.871. The van der Waals surface area contributed by atoms with Crippen LogP contribution in [0, 0.1) is 6.92 Å². The molecule has 0 spiro atoms. The lowest BCUT2D eigenvalue weighted by atomic mass is 10.2. The SMILES string of the molecule is [CH2]C(O)C(Cl)CCCOCC. The van der Waals surface area contributed by atoms with Gasteiger partial charge < -0.3 is 9.84 Å². The molecule has 2 atom stereocenters. The van der Waals surface area contributed by atoms with E-state index in [1.54, 1.807) is 0 Å². The monoisotopic (exact) mass is 179 g/mol. The smallest absolute Gasteiger partial charge is 0.0704 e. The van der Waals surface area contributed by atoms with Crippen LogP contribution in [0.4, 0.5) is 0 Å². The van der Waals surface area contributed by atoms with Crippen molar-refractivity contribution in [3.63, 3.8) is 0 Å². The van der Waals surface area contributed by atoms with Gasteiger partial charge in [0.2, 0.25) is 0 Å². The molecule has 2 nitrogen and oxygen atoms in total. The zero-order valence-electron chi connectivity index (χ0n) is 6.92. The van der Waals surface area contributed by atoms with E-state index >= 15 is 0 Å². The number of hydrogen-bond acceptors (Lipinski definition) is 2. The fourth-order valence-electron chi connectivity index (χ4n) is 0.717. The Morgan fingerprint density at radius 3 is 2.73 bits per heavy atom. The van der Waals surface area contributed by atoms with E-state index in [4.69, 9.17) is 21.4 Å². The van der Waals surface area contributed by atoms with E-state index in [0.717, 1.165) is 19.4 Å². The maximum Gasteiger partial charge on any atom is 0.0704 e. The number of aliphatic hydroxyl groups excluding tert-OH is 1. The molecule has 0 aromatic carbocycles. The third-order valence-corrected chi connectivity index (χ3v) is 1.90. The van der Waals surface area contributed by atoms with Crippen LogP contribution in [-0.2, 0) is 4.74 Å². The Balaban J connectivity index is 3.10. The van der Waals surface area contributed by atoms with Crippen LogP contribution >= 0.6 is 11.6 Å². The normalized spacial score (nSPS) is 16.4. The summed E-state index contributed by atoms with van der Waals surface area (Å²) in [5.74, 6) is 0. The Hall–Kier alpha value is 0.210. The molecule has 1 radical (unpaired) electrons. The minimum Gasteiger partial charge on any atom is -0.392 e. The van der Waals surface area contributed by atoms with Crippen LogP contribution in [-0.4, -0.2) is 29.8 Å². The molecule has 0 saturated heterocycles. The highest BCUT2D eigenvalue weighted by molar-refractivity contribution is 6.21. The molecule has 0 bridgehead atoms. The Labute approximate surface area is 73.5 Å². The average Bonchev–Trinajstić information content (AvgIpc) is 1.97. The number of ether oxygens (including phenoxy) is 1. The molecule has 2 unspecified atom stereocenters. The molecule has 0 saturated carbocycles. The first-order valence-corrected chi connectivity index (χ1v) is 4.35. The summed E-state index contributed by atoms with van der Waals surface area (Å²) in [6.45, 7) is 6.82. The molecule has 0 aliphatic carbocycles. The van der Waals surface area contributed by atoms with Crippen LogP contribution in [0.25, 0.3) is 0 Å². The zero-order chi connectivity index (χ0) is 8.69. The first-order valence-electron chi connectivity index (χ1n) is 3.91. The first-order chi connectivity index (χ1) is 5.18.